The number of carbonyl (C=O) groups excluding carboxylic acids is 1. The van der Waals surface area contributed by atoms with Crippen LogP contribution < -0.4 is 21.2 Å². The largest absolute Gasteiger partial charge is 0.493 e. The summed E-state index contributed by atoms with van der Waals surface area (Å²) >= 11 is 0. The first-order valence-electron chi connectivity index (χ1n) is 10.0. The minimum atomic E-state index is -5.37. The number of benzene rings is 2. The van der Waals surface area contributed by atoms with Gasteiger partial charge in [0.05, 0.1) is 11.1 Å². The van der Waals surface area contributed by atoms with Crippen molar-refractivity contribution < 1.29 is 40.0 Å². The molecular weight excluding hydrogens is 526 g/mol. The molecule has 0 saturated carbocycles. The molecule has 2 aromatic carbocycles. The molecule has 0 bridgehead atoms. The van der Waals surface area contributed by atoms with E-state index in [4.69, 9.17) is 4.42 Å². The van der Waals surface area contributed by atoms with Crippen molar-refractivity contribution in [2.45, 2.75) is 18.0 Å². The summed E-state index contributed by atoms with van der Waals surface area (Å²) in [5.74, 6) is -5.44. The maximum absolute atomic E-state index is 14.5. The first kappa shape index (κ1) is 25.6. The van der Waals surface area contributed by atoms with Crippen molar-refractivity contribution in [2.24, 2.45) is 0 Å². The van der Waals surface area contributed by atoms with E-state index in [1.807, 2.05) is 0 Å². The highest BCUT2D eigenvalue weighted by atomic mass is 32.2. The van der Waals surface area contributed by atoms with E-state index in [1.54, 1.807) is 0 Å². The van der Waals surface area contributed by atoms with Crippen LogP contribution in [0.15, 0.2) is 56.7 Å². The number of carbonyl (C=O) groups is 1. The van der Waals surface area contributed by atoms with Crippen molar-refractivity contribution in [3.05, 3.63) is 64.5 Å². The first-order chi connectivity index (χ1) is 17.2. The Morgan fingerprint density at radius 1 is 1.14 bits per heavy atom. The van der Waals surface area contributed by atoms with Gasteiger partial charge in [-0.2, -0.15) is 18.2 Å². The van der Waals surface area contributed by atoms with Gasteiger partial charge in [0.25, 0.3) is 0 Å². The van der Waals surface area contributed by atoms with Crippen molar-refractivity contribution in [3.63, 3.8) is 0 Å². The molecule has 11 nitrogen and oxygen atoms in total. The van der Waals surface area contributed by atoms with E-state index in [9.17, 15) is 35.6 Å². The van der Waals surface area contributed by atoms with Crippen molar-refractivity contribution in [1.82, 2.24) is 14.7 Å². The Labute approximate surface area is 204 Å². The number of aromatic nitrogens is 3. The summed E-state index contributed by atoms with van der Waals surface area (Å²) in [7, 11) is -3.49. The van der Waals surface area contributed by atoms with Crippen LogP contribution in [0.5, 0.6) is 0 Å². The number of hydrogen-bond acceptors (Lipinski definition) is 10. The van der Waals surface area contributed by atoms with Crippen LogP contribution in [0.25, 0.3) is 11.1 Å². The second kappa shape index (κ2) is 9.20. The third-order valence-electron chi connectivity index (χ3n) is 4.76. The van der Waals surface area contributed by atoms with E-state index in [0.717, 1.165) is 18.5 Å². The van der Waals surface area contributed by atoms with Crippen LogP contribution in [0.2, 0.25) is 0 Å². The number of nitrogens with zero attached hydrogens (tertiary/aromatic N) is 3. The Morgan fingerprint density at radius 2 is 1.86 bits per heavy atom. The Morgan fingerprint density at radius 3 is 2.54 bits per heavy atom. The van der Waals surface area contributed by atoms with Gasteiger partial charge in [0, 0.05) is 17.6 Å². The van der Waals surface area contributed by atoms with Gasteiger partial charge in [-0.15, -0.1) is 0 Å². The molecule has 0 aliphatic heterocycles. The smallest absolute Gasteiger partial charge is 0.405 e. The summed E-state index contributed by atoms with van der Waals surface area (Å²) in [4.78, 5) is 35.2. The van der Waals surface area contributed by atoms with E-state index >= 15 is 0 Å². The summed E-state index contributed by atoms with van der Waals surface area (Å²) in [6.45, 7) is 1.45. The molecule has 37 heavy (non-hydrogen) atoms. The Kier molecular flexibility index (Phi) is 6.37. The minimum absolute atomic E-state index is 0.0270. The Bertz CT molecular complexity index is 1700. The standard InChI is InChI=1S/C21H15F4N5O6S/c1-10-6-12(8-15-16(10)35-20(32)30(15)36-18(31)21(23,24)25)27-17-14(22)9-26-19(29-17)28-11-4-3-5-13(7-11)37(2,33)34/h3-9H,1-2H3,(H2,26,27,28,29). The summed E-state index contributed by atoms with van der Waals surface area (Å²) in [5.41, 5.74) is 0.0819. The molecule has 0 spiro atoms. The van der Waals surface area contributed by atoms with Gasteiger partial charge in [0.2, 0.25) is 5.95 Å². The third-order valence-corrected chi connectivity index (χ3v) is 5.87. The predicted molar refractivity (Wildman–Crippen MR) is 121 cm³/mol. The molecule has 0 radical (unpaired) electrons. The maximum atomic E-state index is 14.5. The number of anilines is 4. The second-order valence-electron chi connectivity index (χ2n) is 7.62. The molecule has 2 aromatic heterocycles. The highest BCUT2D eigenvalue weighted by Gasteiger charge is 2.42. The molecule has 4 aromatic rings. The average Bonchev–Trinajstić information content (AvgIpc) is 3.11. The summed E-state index contributed by atoms with van der Waals surface area (Å²) in [6, 6.07) is 8.19. The Balaban J connectivity index is 1.66. The number of halogens is 4. The molecular formula is C21H15F4N5O6S. The molecule has 2 heterocycles. The monoisotopic (exact) mass is 541 g/mol. The van der Waals surface area contributed by atoms with Gasteiger partial charge in [0.1, 0.15) is 5.52 Å². The number of rotatable bonds is 6. The summed E-state index contributed by atoms with van der Waals surface area (Å²) in [5, 5.41) is 5.35. The van der Waals surface area contributed by atoms with Crippen LogP contribution in [0.4, 0.5) is 40.7 Å². The van der Waals surface area contributed by atoms with Crippen LogP contribution in [-0.2, 0) is 14.6 Å². The first-order valence-corrected chi connectivity index (χ1v) is 11.9. The van der Waals surface area contributed by atoms with Crippen LogP contribution >= 0.6 is 0 Å². The van der Waals surface area contributed by atoms with Gasteiger partial charge in [-0.3, -0.25) is 0 Å². The molecule has 0 aliphatic carbocycles. The Hall–Kier alpha value is -4.47. The lowest BCUT2D eigenvalue weighted by molar-refractivity contribution is -0.200. The van der Waals surface area contributed by atoms with E-state index in [0.29, 0.717) is 5.69 Å². The predicted octanol–water partition coefficient (Wildman–Crippen LogP) is 3.24. The molecule has 0 unspecified atom stereocenters. The average molecular weight is 541 g/mol. The van der Waals surface area contributed by atoms with Crippen molar-refractivity contribution >= 4 is 50.0 Å². The van der Waals surface area contributed by atoms with Gasteiger partial charge in [-0.25, -0.2) is 27.4 Å². The normalized spacial score (nSPS) is 11.9. The van der Waals surface area contributed by atoms with Crippen LogP contribution in [0.3, 0.4) is 0 Å². The number of nitrogens with one attached hydrogen (secondary N) is 2. The second-order valence-corrected chi connectivity index (χ2v) is 9.64. The quantitative estimate of drug-likeness (QED) is 0.349. The van der Waals surface area contributed by atoms with Gasteiger partial charge < -0.3 is 19.9 Å². The van der Waals surface area contributed by atoms with Gasteiger partial charge >= 0.3 is 17.9 Å². The number of fused-ring (bicyclic) bond motifs is 1. The summed E-state index contributed by atoms with van der Waals surface area (Å²) in [6.07, 6.45) is -3.52. The van der Waals surface area contributed by atoms with E-state index in [2.05, 4.69) is 25.4 Å². The fourth-order valence-electron chi connectivity index (χ4n) is 3.14. The lowest BCUT2D eigenvalue weighted by Crippen LogP contribution is -2.36. The zero-order valence-electron chi connectivity index (χ0n) is 18.8. The lowest BCUT2D eigenvalue weighted by Gasteiger charge is -2.11. The zero-order chi connectivity index (χ0) is 27.1. The van der Waals surface area contributed by atoms with Crippen molar-refractivity contribution in [2.75, 3.05) is 16.9 Å². The molecule has 194 valence electrons. The fourth-order valence-corrected chi connectivity index (χ4v) is 3.81. The van der Waals surface area contributed by atoms with Crippen LogP contribution in [-0.4, -0.2) is 41.5 Å². The SMILES string of the molecule is Cc1cc(Nc2nc(Nc3cccc(S(C)(=O)=O)c3)ncc2F)cc2c1oc(=O)n2OC(=O)C(F)(F)F. The van der Waals surface area contributed by atoms with Crippen LogP contribution in [0, 0.1) is 12.7 Å². The molecule has 0 saturated heterocycles. The topological polar surface area (TPSA) is 145 Å². The highest BCUT2D eigenvalue weighted by Crippen LogP contribution is 2.27. The molecule has 2 N–H and O–H groups in total. The zero-order valence-corrected chi connectivity index (χ0v) is 19.6. The fraction of sp³-hybridized carbons (Fsp3) is 0.143. The molecule has 0 aliphatic rings. The van der Waals surface area contributed by atoms with Crippen molar-refractivity contribution in [1.29, 1.82) is 0 Å². The van der Waals surface area contributed by atoms with E-state index < -0.39 is 33.6 Å². The van der Waals surface area contributed by atoms with Crippen LogP contribution in [0.1, 0.15) is 5.56 Å². The number of hydrogen-bond donors (Lipinski definition) is 2. The molecule has 0 amide bonds. The van der Waals surface area contributed by atoms with Gasteiger partial charge in [-0.1, -0.05) is 10.8 Å². The molecule has 0 fully saturated rings. The number of aryl methyl sites for hydroxylation is 1. The van der Waals surface area contributed by atoms with Crippen molar-refractivity contribution in [3.8, 4) is 0 Å². The highest BCUT2D eigenvalue weighted by molar-refractivity contribution is 7.90. The van der Waals surface area contributed by atoms with Gasteiger partial charge in [-0.05, 0) is 42.8 Å². The maximum Gasteiger partial charge on any atom is 0.493 e. The third kappa shape index (κ3) is 5.53. The number of sulfone groups is 1. The number of oxazole rings is 1. The van der Waals surface area contributed by atoms with Gasteiger partial charge in [0.15, 0.2) is 27.1 Å². The number of alkyl halides is 3. The molecule has 4 rings (SSSR count). The molecule has 0 atom stereocenters. The lowest BCUT2D eigenvalue weighted by atomic mass is 10.2. The minimum Gasteiger partial charge on any atom is -0.405 e. The molecule has 16 heteroatoms. The van der Waals surface area contributed by atoms with E-state index in [-0.39, 0.29) is 43.7 Å². The van der Waals surface area contributed by atoms with E-state index in [1.165, 1.54) is 37.3 Å². The summed E-state index contributed by atoms with van der Waals surface area (Å²) < 4.78 is 80.7.